The van der Waals surface area contributed by atoms with Crippen molar-refractivity contribution in [1.29, 1.82) is 0 Å². The smallest absolute Gasteiger partial charge is 0.335 e. The van der Waals surface area contributed by atoms with E-state index in [1.807, 2.05) is 13.0 Å². The maximum atomic E-state index is 11.0. The van der Waals surface area contributed by atoms with Gasteiger partial charge in [0.1, 0.15) is 0 Å². The first kappa shape index (κ1) is 17.2. The summed E-state index contributed by atoms with van der Waals surface area (Å²) < 4.78 is 0. The third kappa shape index (κ3) is 4.93. The summed E-state index contributed by atoms with van der Waals surface area (Å²) in [5.74, 6) is -0.163. The number of hydrogen-bond donors (Lipinski definition) is 2. The maximum Gasteiger partial charge on any atom is 0.335 e. The fourth-order valence-corrected chi connectivity index (χ4v) is 2.55. The molecule has 0 aliphatic carbocycles. The number of carboxylic acids is 1. The van der Waals surface area contributed by atoms with Gasteiger partial charge in [0.25, 0.3) is 0 Å². The van der Waals surface area contributed by atoms with Gasteiger partial charge < -0.3 is 10.4 Å². The molecule has 2 rings (SSSR count). The molecule has 2 N–H and O–H groups in total. The van der Waals surface area contributed by atoms with Gasteiger partial charge >= 0.3 is 5.97 Å². The van der Waals surface area contributed by atoms with Crippen LogP contribution in [-0.4, -0.2) is 17.6 Å². The van der Waals surface area contributed by atoms with E-state index in [2.05, 4.69) is 43.4 Å². The summed E-state index contributed by atoms with van der Waals surface area (Å²) in [6.07, 6.45) is 1.19. The molecular formula is C20H25NO2. The minimum absolute atomic E-state index is 0.331. The van der Waals surface area contributed by atoms with Crippen molar-refractivity contribution < 1.29 is 9.90 Å². The molecule has 0 spiro atoms. The molecule has 0 aromatic heterocycles. The molecule has 2 aromatic carbocycles. The first-order chi connectivity index (χ1) is 11.0. The number of hydrogen-bond acceptors (Lipinski definition) is 2. The van der Waals surface area contributed by atoms with Crippen LogP contribution in [0.2, 0.25) is 0 Å². The fraction of sp³-hybridized carbons (Fsp3) is 0.350. The summed E-state index contributed by atoms with van der Waals surface area (Å²) in [7, 11) is 0. The van der Waals surface area contributed by atoms with Crippen LogP contribution in [0.4, 0.5) is 0 Å². The number of rotatable bonds is 7. The molecule has 0 fully saturated rings. The van der Waals surface area contributed by atoms with E-state index < -0.39 is 5.97 Å². The molecule has 23 heavy (non-hydrogen) atoms. The normalized spacial score (nSPS) is 11.0. The average molecular weight is 311 g/mol. The molecule has 0 aliphatic rings. The zero-order valence-electron chi connectivity index (χ0n) is 14.1. The van der Waals surface area contributed by atoms with E-state index >= 15 is 0 Å². The zero-order chi connectivity index (χ0) is 16.8. The Kier molecular flexibility index (Phi) is 5.94. The minimum atomic E-state index is -0.887. The molecule has 0 atom stereocenters. The van der Waals surface area contributed by atoms with E-state index in [1.54, 1.807) is 12.1 Å². The molecule has 3 nitrogen and oxygen atoms in total. The monoisotopic (exact) mass is 311 g/mol. The van der Waals surface area contributed by atoms with Gasteiger partial charge in [0.2, 0.25) is 0 Å². The van der Waals surface area contributed by atoms with Gasteiger partial charge in [-0.2, -0.15) is 0 Å². The van der Waals surface area contributed by atoms with Gasteiger partial charge in [-0.1, -0.05) is 44.2 Å². The molecule has 0 bridgehead atoms. The average Bonchev–Trinajstić information content (AvgIpc) is 2.52. The van der Waals surface area contributed by atoms with Crippen molar-refractivity contribution in [2.75, 3.05) is 6.54 Å². The summed E-state index contributed by atoms with van der Waals surface area (Å²) in [6.45, 7) is 8.32. The minimum Gasteiger partial charge on any atom is -0.478 e. The van der Waals surface area contributed by atoms with Gasteiger partial charge in [-0.25, -0.2) is 4.79 Å². The predicted molar refractivity (Wildman–Crippen MR) is 94.7 cm³/mol. The van der Waals surface area contributed by atoms with Crippen molar-refractivity contribution in [1.82, 2.24) is 5.32 Å². The summed E-state index contributed by atoms with van der Waals surface area (Å²) >= 11 is 0. The lowest BCUT2D eigenvalue weighted by atomic mass is 9.97. The van der Waals surface area contributed by atoms with Crippen LogP contribution in [0.5, 0.6) is 0 Å². The Morgan fingerprint density at radius 1 is 1.13 bits per heavy atom. The van der Waals surface area contributed by atoms with Crippen molar-refractivity contribution in [2.45, 2.75) is 33.7 Å². The first-order valence-corrected chi connectivity index (χ1v) is 8.11. The molecule has 0 saturated carbocycles. The van der Waals surface area contributed by atoms with E-state index in [4.69, 9.17) is 5.11 Å². The Bertz CT molecular complexity index is 660. The number of carbonyl (C=O) groups is 1. The van der Waals surface area contributed by atoms with E-state index in [0.29, 0.717) is 5.56 Å². The molecule has 0 amide bonds. The fourth-order valence-electron chi connectivity index (χ4n) is 2.55. The summed E-state index contributed by atoms with van der Waals surface area (Å²) in [6, 6.07) is 13.7. The van der Waals surface area contributed by atoms with Gasteiger partial charge in [0.15, 0.2) is 0 Å². The van der Waals surface area contributed by atoms with Crippen LogP contribution >= 0.6 is 0 Å². The van der Waals surface area contributed by atoms with Crippen molar-refractivity contribution in [3.05, 3.63) is 59.2 Å². The molecule has 0 saturated heterocycles. The Labute approximate surface area is 138 Å². The van der Waals surface area contributed by atoms with Gasteiger partial charge in [-0.3, -0.25) is 0 Å². The van der Waals surface area contributed by atoms with Crippen LogP contribution in [0, 0.1) is 12.8 Å². The Morgan fingerprint density at radius 2 is 1.83 bits per heavy atom. The first-order valence-electron chi connectivity index (χ1n) is 8.11. The Hall–Kier alpha value is -2.13. The van der Waals surface area contributed by atoms with Crippen LogP contribution in [0.3, 0.4) is 0 Å². The summed E-state index contributed by atoms with van der Waals surface area (Å²) in [5, 5.41) is 12.5. The second kappa shape index (κ2) is 7.93. The van der Waals surface area contributed by atoms with Crippen LogP contribution in [0.25, 0.3) is 11.1 Å². The van der Waals surface area contributed by atoms with Crippen molar-refractivity contribution in [3.63, 3.8) is 0 Å². The van der Waals surface area contributed by atoms with E-state index in [1.165, 1.54) is 12.0 Å². The lowest BCUT2D eigenvalue weighted by Crippen LogP contribution is -2.16. The summed E-state index contributed by atoms with van der Waals surface area (Å²) in [5.41, 5.74) is 4.77. The zero-order valence-corrected chi connectivity index (χ0v) is 14.1. The van der Waals surface area contributed by atoms with Crippen LogP contribution in [0.15, 0.2) is 42.5 Å². The highest BCUT2D eigenvalue weighted by atomic mass is 16.4. The lowest BCUT2D eigenvalue weighted by Gasteiger charge is -2.10. The number of benzene rings is 2. The van der Waals surface area contributed by atoms with Crippen LogP contribution < -0.4 is 5.32 Å². The van der Waals surface area contributed by atoms with Gasteiger partial charge in [0.05, 0.1) is 5.56 Å². The SMILES string of the molecule is Cc1cc(C(=O)O)ccc1-c1ccc(CNCCC(C)C)cc1. The lowest BCUT2D eigenvalue weighted by molar-refractivity contribution is 0.0697. The topological polar surface area (TPSA) is 49.3 Å². The molecule has 3 heteroatoms. The number of aromatic carboxylic acids is 1. The van der Waals surface area contributed by atoms with Crippen molar-refractivity contribution in [2.24, 2.45) is 5.92 Å². The van der Waals surface area contributed by atoms with Crippen LogP contribution in [0.1, 0.15) is 41.8 Å². The highest BCUT2D eigenvalue weighted by Gasteiger charge is 2.07. The Morgan fingerprint density at radius 3 is 2.39 bits per heavy atom. The van der Waals surface area contributed by atoms with E-state index in [0.717, 1.165) is 35.7 Å². The highest BCUT2D eigenvalue weighted by Crippen LogP contribution is 2.24. The molecule has 122 valence electrons. The molecular weight excluding hydrogens is 286 g/mol. The molecule has 0 aliphatic heterocycles. The Balaban J connectivity index is 2.03. The molecule has 0 radical (unpaired) electrons. The highest BCUT2D eigenvalue weighted by molar-refractivity contribution is 5.89. The number of carboxylic acid groups (broad SMARTS) is 1. The third-order valence-corrected chi connectivity index (χ3v) is 3.97. The molecule has 2 aromatic rings. The van der Waals surface area contributed by atoms with E-state index in [9.17, 15) is 4.79 Å². The predicted octanol–water partition coefficient (Wildman–Crippen LogP) is 4.50. The number of aryl methyl sites for hydroxylation is 1. The second-order valence-corrected chi connectivity index (χ2v) is 6.39. The second-order valence-electron chi connectivity index (χ2n) is 6.39. The van der Waals surface area contributed by atoms with E-state index in [-0.39, 0.29) is 0 Å². The van der Waals surface area contributed by atoms with Crippen LogP contribution in [-0.2, 0) is 6.54 Å². The third-order valence-electron chi connectivity index (χ3n) is 3.97. The van der Waals surface area contributed by atoms with Crippen molar-refractivity contribution in [3.8, 4) is 11.1 Å². The van der Waals surface area contributed by atoms with Gasteiger partial charge in [-0.15, -0.1) is 0 Å². The molecule has 0 heterocycles. The van der Waals surface area contributed by atoms with Crippen molar-refractivity contribution >= 4 is 5.97 Å². The van der Waals surface area contributed by atoms with Gasteiger partial charge in [0, 0.05) is 6.54 Å². The quantitative estimate of drug-likeness (QED) is 0.740. The largest absolute Gasteiger partial charge is 0.478 e. The standard InChI is InChI=1S/C20H25NO2/c1-14(2)10-11-21-13-16-4-6-17(7-5-16)19-9-8-18(20(22)23)12-15(19)3/h4-9,12,14,21H,10-11,13H2,1-3H3,(H,22,23). The number of nitrogens with one attached hydrogen (secondary N) is 1. The van der Waals surface area contributed by atoms with Gasteiger partial charge in [-0.05, 0) is 60.2 Å². The molecule has 0 unspecified atom stereocenters. The summed E-state index contributed by atoms with van der Waals surface area (Å²) in [4.78, 5) is 11.0. The maximum absolute atomic E-state index is 11.0.